The molecule has 0 spiro atoms. The average molecular weight is 490 g/mol. The molecule has 1 aromatic carbocycles. The Balaban J connectivity index is 2.24. The lowest BCUT2D eigenvalue weighted by atomic mass is 9.88. The molecule has 1 aliphatic carbocycles. The van der Waals surface area contributed by atoms with Crippen LogP contribution < -0.4 is 10.6 Å². The first-order valence-electron chi connectivity index (χ1n) is 12.4. The Kier molecular flexibility index (Phi) is 10.5. The predicted octanol–water partition coefficient (Wildman–Crippen LogP) is 3.27. The average Bonchev–Trinajstić information content (AvgIpc) is 2.75. The van der Waals surface area contributed by atoms with Crippen LogP contribution in [0.3, 0.4) is 0 Å². The zero-order valence-corrected chi connectivity index (χ0v) is 21.5. The molecule has 9 heteroatoms. The van der Waals surface area contributed by atoms with E-state index in [1.807, 2.05) is 31.2 Å². The molecule has 194 valence electrons. The summed E-state index contributed by atoms with van der Waals surface area (Å²) in [6.07, 6.45) is 2.71. The van der Waals surface area contributed by atoms with Crippen LogP contribution in [-0.2, 0) is 30.3 Å². The summed E-state index contributed by atoms with van der Waals surface area (Å²) in [5, 5.41) is 5.30. The molecule has 2 N–H and O–H groups in total. The van der Waals surface area contributed by atoms with Gasteiger partial charge in [-0.2, -0.15) is 0 Å². The highest BCUT2D eigenvalue weighted by atomic mass is 16.6. The summed E-state index contributed by atoms with van der Waals surface area (Å²) in [5.41, 5.74) is 1.10. The quantitative estimate of drug-likeness (QED) is 0.461. The summed E-state index contributed by atoms with van der Waals surface area (Å²) in [7, 11) is 0. The second-order valence-electron chi connectivity index (χ2n) is 9.58. The van der Waals surface area contributed by atoms with Crippen LogP contribution >= 0.6 is 0 Å². The van der Waals surface area contributed by atoms with E-state index in [0.29, 0.717) is 5.56 Å². The van der Waals surface area contributed by atoms with E-state index in [0.717, 1.165) is 31.2 Å². The Bertz CT molecular complexity index is 874. The van der Waals surface area contributed by atoms with E-state index in [-0.39, 0.29) is 44.0 Å². The van der Waals surface area contributed by atoms with Crippen molar-refractivity contribution < 1.29 is 28.7 Å². The van der Waals surface area contributed by atoms with Crippen LogP contribution in [-0.4, -0.2) is 60.1 Å². The van der Waals surface area contributed by atoms with Crippen molar-refractivity contribution in [1.29, 1.82) is 0 Å². The first-order valence-corrected chi connectivity index (χ1v) is 12.4. The van der Waals surface area contributed by atoms with Gasteiger partial charge in [0, 0.05) is 12.6 Å². The Morgan fingerprint density at radius 1 is 1.06 bits per heavy atom. The standard InChI is InChI=1S/C26H39N3O6/c1-6-18-11-13-19(14-12-18)23(24(32)27-16-15-22(31)34-7-2)29(20-9-8-10-20)21(30)17-28-25(33)35-26(3,4)5/h11-14,20,23H,6-10,15-17H2,1-5H3,(H,27,32)(H,28,33). The van der Waals surface area contributed by atoms with Crippen molar-refractivity contribution in [2.24, 2.45) is 0 Å². The number of hydrogen-bond donors (Lipinski definition) is 2. The minimum absolute atomic E-state index is 0.0403. The van der Waals surface area contributed by atoms with Crippen molar-refractivity contribution in [2.75, 3.05) is 19.7 Å². The van der Waals surface area contributed by atoms with Crippen molar-refractivity contribution in [1.82, 2.24) is 15.5 Å². The number of aryl methyl sites for hydroxylation is 1. The van der Waals surface area contributed by atoms with Crippen molar-refractivity contribution in [2.45, 2.75) is 84.4 Å². The van der Waals surface area contributed by atoms with Gasteiger partial charge >= 0.3 is 12.1 Å². The molecule has 3 amide bonds. The number of ether oxygens (including phenoxy) is 2. The highest BCUT2D eigenvalue weighted by molar-refractivity contribution is 5.91. The largest absolute Gasteiger partial charge is 0.466 e. The summed E-state index contributed by atoms with van der Waals surface area (Å²) in [6, 6.07) is 6.59. The van der Waals surface area contributed by atoms with Gasteiger partial charge in [0.15, 0.2) is 0 Å². The minimum Gasteiger partial charge on any atom is -0.466 e. The number of nitrogens with one attached hydrogen (secondary N) is 2. The van der Waals surface area contributed by atoms with Gasteiger partial charge in [-0.05, 0) is 64.5 Å². The summed E-state index contributed by atoms with van der Waals surface area (Å²) in [4.78, 5) is 52.1. The smallest absolute Gasteiger partial charge is 0.408 e. The third kappa shape index (κ3) is 8.88. The number of esters is 1. The van der Waals surface area contributed by atoms with Crippen LogP contribution in [0.4, 0.5) is 4.79 Å². The van der Waals surface area contributed by atoms with Crippen molar-refractivity contribution >= 4 is 23.9 Å². The number of alkyl carbamates (subject to hydrolysis) is 1. The van der Waals surface area contributed by atoms with Crippen LogP contribution in [0, 0.1) is 0 Å². The van der Waals surface area contributed by atoms with Crippen LogP contribution in [0.1, 0.15) is 77.5 Å². The van der Waals surface area contributed by atoms with Gasteiger partial charge in [-0.3, -0.25) is 14.4 Å². The molecule has 1 unspecified atom stereocenters. The molecule has 35 heavy (non-hydrogen) atoms. The van der Waals surface area contributed by atoms with Gasteiger partial charge in [-0.15, -0.1) is 0 Å². The minimum atomic E-state index is -0.888. The van der Waals surface area contributed by atoms with E-state index < -0.39 is 23.7 Å². The number of carbonyl (C=O) groups excluding carboxylic acids is 4. The lowest BCUT2D eigenvalue weighted by Crippen LogP contribution is -2.54. The fourth-order valence-electron chi connectivity index (χ4n) is 3.77. The number of carbonyl (C=O) groups is 4. The van der Waals surface area contributed by atoms with Gasteiger partial charge in [0.25, 0.3) is 0 Å². The molecule has 9 nitrogen and oxygen atoms in total. The topological polar surface area (TPSA) is 114 Å². The predicted molar refractivity (Wildman–Crippen MR) is 132 cm³/mol. The summed E-state index contributed by atoms with van der Waals surface area (Å²) in [5.74, 6) is -1.15. The molecular weight excluding hydrogens is 450 g/mol. The number of hydrogen-bond acceptors (Lipinski definition) is 6. The van der Waals surface area contributed by atoms with E-state index >= 15 is 0 Å². The molecule has 0 aliphatic heterocycles. The second kappa shape index (κ2) is 13.1. The Hall–Kier alpha value is -3.10. The fraction of sp³-hybridized carbons (Fsp3) is 0.615. The summed E-state index contributed by atoms with van der Waals surface area (Å²) >= 11 is 0. The molecule has 0 heterocycles. The molecule has 1 aliphatic rings. The number of amides is 3. The zero-order valence-electron chi connectivity index (χ0n) is 21.5. The Morgan fingerprint density at radius 3 is 2.23 bits per heavy atom. The van der Waals surface area contributed by atoms with Crippen LogP contribution in [0.25, 0.3) is 0 Å². The third-order valence-corrected chi connectivity index (χ3v) is 5.70. The van der Waals surface area contributed by atoms with Gasteiger partial charge in [0.1, 0.15) is 18.2 Å². The van der Waals surface area contributed by atoms with Crippen LogP contribution in [0.15, 0.2) is 24.3 Å². The van der Waals surface area contributed by atoms with Crippen LogP contribution in [0.5, 0.6) is 0 Å². The maximum absolute atomic E-state index is 13.4. The molecule has 1 aromatic rings. The lowest BCUT2D eigenvalue weighted by molar-refractivity contribution is -0.146. The molecule has 1 saturated carbocycles. The van der Waals surface area contributed by atoms with E-state index in [4.69, 9.17) is 9.47 Å². The lowest BCUT2D eigenvalue weighted by Gasteiger charge is -2.42. The van der Waals surface area contributed by atoms with Crippen LogP contribution in [0.2, 0.25) is 0 Å². The number of rotatable bonds is 11. The summed E-state index contributed by atoms with van der Waals surface area (Å²) in [6.45, 7) is 9.08. The molecule has 0 radical (unpaired) electrons. The normalized spacial score (nSPS) is 14.3. The number of nitrogens with zero attached hydrogens (tertiary/aromatic N) is 1. The van der Waals surface area contributed by atoms with Crippen molar-refractivity contribution in [3.8, 4) is 0 Å². The molecule has 1 fully saturated rings. The first kappa shape index (κ1) is 28.1. The maximum Gasteiger partial charge on any atom is 0.408 e. The Morgan fingerprint density at radius 2 is 1.71 bits per heavy atom. The zero-order chi connectivity index (χ0) is 26.0. The molecule has 0 bridgehead atoms. The Labute approximate surface area is 207 Å². The maximum atomic E-state index is 13.4. The molecule has 1 atom stereocenters. The SMILES string of the molecule is CCOC(=O)CCNC(=O)C(c1ccc(CC)cc1)N(C(=O)CNC(=O)OC(C)(C)C)C1CCC1. The molecule has 0 aromatic heterocycles. The monoisotopic (exact) mass is 489 g/mol. The highest BCUT2D eigenvalue weighted by Crippen LogP contribution is 2.33. The van der Waals surface area contributed by atoms with Crippen molar-refractivity contribution in [3.05, 3.63) is 35.4 Å². The van der Waals surface area contributed by atoms with Gasteiger partial charge in [0.05, 0.1) is 13.0 Å². The van der Waals surface area contributed by atoms with E-state index in [2.05, 4.69) is 10.6 Å². The van der Waals surface area contributed by atoms with E-state index in [1.165, 1.54) is 0 Å². The van der Waals surface area contributed by atoms with Gasteiger partial charge in [-0.1, -0.05) is 31.2 Å². The summed E-state index contributed by atoms with van der Waals surface area (Å²) < 4.78 is 10.2. The van der Waals surface area contributed by atoms with Gasteiger partial charge < -0.3 is 25.0 Å². The van der Waals surface area contributed by atoms with Gasteiger partial charge in [0.2, 0.25) is 11.8 Å². The second-order valence-corrected chi connectivity index (χ2v) is 9.58. The van der Waals surface area contributed by atoms with E-state index in [9.17, 15) is 19.2 Å². The number of benzene rings is 1. The van der Waals surface area contributed by atoms with E-state index in [1.54, 1.807) is 32.6 Å². The van der Waals surface area contributed by atoms with Crippen molar-refractivity contribution in [3.63, 3.8) is 0 Å². The fourth-order valence-corrected chi connectivity index (χ4v) is 3.77. The first-order chi connectivity index (χ1) is 16.6. The molecule has 2 rings (SSSR count). The molecular formula is C26H39N3O6. The van der Waals surface area contributed by atoms with Gasteiger partial charge in [-0.25, -0.2) is 4.79 Å². The molecule has 0 saturated heterocycles. The third-order valence-electron chi connectivity index (χ3n) is 5.70. The highest BCUT2D eigenvalue weighted by Gasteiger charge is 2.38.